The van der Waals surface area contributed by atoms with E-state index < -0.39 is 0 Å². The number of hydrogen-bond donors (Lipinski definition) is 3. The number of amides is 1. The molecule has 0 unspecified atom stereocenters. The number of nitrogens with one attached hydrogen (secondary N) is 1. The Kier molecular flexibility index (Phi) is 6.30. The first-order chi connectivity index (χ1) is 17.3. The normalized spacial score (nSPS) is 15.9. The fraction of sp³-hybridized carbons (Fsp3) is 0.250. The molecular weight excluding hydrogens is 452 g/mol. The van der Waals surface area contributed by atoms with Crippen molar-refractivity contribution in [3.63, 3.8) is 0 Å². The summed E-state index contributed by atoms with van der Waals surface area (Å²) in [5.41, 5.74) is 13.4. The smallest absolute Gasteiger partial charge is 0.250 e. The molecule has 0 radical (unpaired) electrons. The van der Waals surface area contributed by atoms with E-state index in [1.807, 2.05) is 35.9 Å². The first-order valence-corrected chi connectivity index (χ1v) is 12.0. The number of aliphatic hydroxyl groups is 1. The molecule has 2 aromatic heterocycles. The van der Waals surface area contributed by atoms with E-state index >= 15 is 0 Å². The number of likely N-dealkylation sites (tertiary alicyclic amines) is 1. The van der Waals surface area contributed by atoms with Crippen LogP contribution in [0.3, 0.4) is 0 Å². The van der Waals surface area contributed by atoms with Crippen molar-refractivity contribution in [3.05, 3.63) is 72.6 Å². The van der Waals surface area contributed by atoms with Crippen LogP contribution >= 0.6 is 0 Å². The van der Waals surface area contributed by atoms with Gasteiger partial charge < -0.3 is 20.7 Å². The minimum Gasteiger partial charge on any atom is -0.392 e. The van der Waals surface area contributed by atoms with Gasteiger partial charge in [0.15, 0.2) is 0 Å². The Balaban J connectivity index is 1.55. The van der Waals surface area contributed by atoms with Crippen LogP contribution in [0.25, 0.3) is 33.4 Å². The summed E-state index contributed by atoms with van der Waals surface area (Å²) < 4.78 is 2.03. The average molecular weight is 483 g/mol. The molecular formula is C28H30N6O2. The lowest BCUT2D eigenvalue weighted by Crippen LogP contribution is -2.21. The van der Waals surface area contributed by atoms with Crippen molar-refractivity contribution in [2.24, 2.45) is 7.05 Å². The third kappa shape index (κ3) is 4.48. The lowest BCUT2D eigenvalue weighted by molar-refractivity contribution is -0.112. The molecule has 2 aromatic carbocycles. The van der Waals surface area contributed by atoms with E-state index in [9.17, 15) is 9.90 Å². The number of carbonyl (C=O) groups excluding carboxylic acids is 1. The number of anilines is 2. The molecule has 8 heteroatoms. The zero-order valence-electron chi connectivity index (χ0n) is 20.5. The Morgan fingerprint density at radius 3 is 2.47 bits per heavy atom. The molecule has 0 bridgehead atoms. The highest BCUT2D eigenvalue weighted by atomic mass is 16.3. The van der Waals surface area contributed by atoms with Crippen molar-refractivity contribution in [1.82, 2.24) is 19.4 Å². The molecule has 4 aromatic rings. The number of nitrogens with two attached hydrogens (primary N) is 1. The summed E-state index contributed by atoms with van der Waals surface area (Å²) in [5.74, 6) is 0.219. The van der Waals surface area contributed by atoms with Crippen LogP contribution in [0.4, 0.5) is 11.5 Å². The molecule has 5 rings (SSSR count). The summed E-state index contributed by atoms with van der Waals surface area (Å²) in [4.78, 5) is 23.1. The number of fused-ring (bicyclic) bond motifs is 1. The minimum atomic E-state index is -0.231. The van der Waals surface area contributed by atoms with Gasteiger partial charge in [-0.25, -0.2) is 9.97 Å². The van der Waals surface area contributed by atoms with E-state index in [1.165, 1.54) is 11.9 Å². The van der Waals surface area contributed by atoms with Gasteiger partial charge in [-0.1, -0.05) is 43.0 Å². The SMILES string of the molecule is C=C(C)C(=O)Nc1ccc(-c2c(-c3ccc(CN4CC[C@@H](O)C4)cc3)c3c(N)ncnc3n2C)cc1. The molecule has 1 aliphatic heterocycles. The number of hydrogen-bond acceptors (Lipinski definition) is 6. The maximum atomic E-state index is 12.0. The zero-order valence-corrected chi connectivity index (χ0v) is 20.5. The summed E-state index contributed by atoms with van der Waals surface area (Å²) in [6.07, 6.45) is 2.08. The number of aryl methyl sites for hydroxylation is 1. The molecule has 0 spiro atoms. The Labute approximate surface area is 210 Å². The zero-order chi connectivity index (χ0) is 25.4. The van der Waals surface area contributed by atoms with Gasteiger partial charge in [-0.2, -0.15) is 0 Å². The van der Waals surface area contributed by atoms with Gasteiger partial charge >= 0.3 is 0 Å². The van der Waals surface area contributed by atoms with E-state index in [0.29, 0.717) is 23.6 Å². The van der Waals surface area contributed by atoms with Crippen LogP contribution in [-0.4, -0.2) is 49.6 Å². The summed E-state index contributed by atoms with van der Waals surface area (Å²) in [6, 6.07) is 16.2. The number of nitrogen functional groups attached to an aromatic ring is 1. The molecule has 0 saturated carbocycles. The van der Waals surface area contributed by atoms with E-state index in [-0.39, 0.29) is 12.0 Å². The lowest BCUT2D eigenvalue weighted by atomic mass is 9.97. The summed E-state index contributed by atoms with van der Waals surface area (Å²) in [6.45, 7) is 7.80. The third-order valence-corrected chi connectivity index (χ3v) is 6.70. The maximum Gasteiger partial charge on any atom is 0.250 e. The predicted octanol–water partition coefficient (Wildman–Crippen LogP) is 3.97. The van der Waals surface area contributed by atoms with E-state index in [0.717, 1.165) is 52.9 Å². The molecule has 1 atom stereocenters. The van der Waals surface area contributed by atoms with E-state index in [1.54, 1.807) is 6.92 Å². The molecule has 36 heavy (non-hydrogen) atoms. The summed E-state index contributed by atoms with van der Waals surface area (Å²) in [7, 11) is 1.97. The van der Waals surface area contributed by atoms with Crippen molar-refractivity contribution in [3.8, 4) is 22.4 Å². The van der Waals surface area contributed by atoms with Gasteiger partial charge in [0, 0.05) is 43.5 Å². The Morgan fingerprint density at radius 1 is 1.14 bits per heavy atom. The number of aliphatic hydroxyl groups excluding tert-OH is 1. The Bertz CT molecular complexity index is 1440. The Hall–Kier alpha value is -4.01. The summed E-state index contributed by atoms with van der Waals surface area (Å²) in [5, 5.41) is 13.5. The second-order valence-corrected chi connectivity index (χ2v) is 9.43. The van der Waals surface area contributed by atoms with Crippen molar-refractivity contribution in [2.75, 3.05) is 24.1 Å². The van der Waals surface area contributed by atoms with Gasteiger partial charge in [-0.05, 0) is 42.2 Å². The number of rotatable bonds is 6. The van der Waals surface area contributed by atoms with Gasteiger partial charge in [0.1, 0.15) is 17.8 Å². The first kappa shape index (κ1) is 23.7. The number of β-amino-alcohol motifs (C(OH)–C–C–N with tert-alkyl or cyclic N) is 1. The molecule has 8 nitrogen and oxygen atoms in total. The quantitative estimate of drug-likeness (QED) is 0.359. The van der Waals surface area contributed by atoms with Crippen molar-refractivity contribution >= 4 is 28.4 Å². The van der Waals surface area contributed by atoms with Gasteiger partial charge in [0.25, 0.3) is 5.91 Å². The van der Waals surface area contributed by atoms with E-state index in [4.69, 9.17) is 5.73 Å². The van der Waals surface area contributed by atoms with Gasteiger partial charge in [0.05, 0.1) is 17.2 Å². The summed E-state index contributed by atoms with van der Waals surface area (Å²) >= 11 is 0. The number of nitrogens with zero attached hydrogens (tertiary/aromatic N) is 4. The number of benzene rings is 2. The van der Waals surface area contributed by atoms with Gasteiger partial charge in [-0.3, -0.25) is 9.69 Å². The van der Waals surface area contributed by atoms with Crippen LogP contribution < -0.4 is 11.1 Å². The molecule has 1 saturated heterocycles. The minimum absolute atomic E-state index is 0.209. The van der Waals surface area contributed by atoms with Crippen LogP contribution in [-0.2, 0) is 18.4 Å². The average Bonchev–Trinajstić information content (AvgIpc) is 3.41. The fourth-order valence-corrected chi connectivity index (χ4v) is 4.83. The highest BCUT2D eigenvalue weighted by Gasteiger charge is 2.23. The van der Waals surface area contributed by atoms with Gasteiger partial charge in [-0.15, -0.1) is 0 Å². The number of aromatic nitrogens is 3. The molecule has 1 amide bonds. The fourth-order valence-electron chi connectivity index (χ4n) is 4.83. The monoisotopic (exact) mass is 482 g/mol. The third-order valence-electron chi connectivity index (χ3n) is 6.70. The molecule has 4 N–H and O–H groups in total. The van der Waals surface area contributed by atoms with Crippen LogP contribution in [0.1, 0.15) is 18.9 Å². The first-order valence-electron chi connectivity index (χ1n) is 12.0. The van der Waals surface area contributed by atoms with Crippen molar-refractivity contribution in [2.45, 2.75) is 26.0 Å². The molecule has 1 fully saturated rings. The second-order valence-electron chi connectivity index (χ2n) is 9.43. The molecule has 184 valence electrons. The molecule has 1 aliphatic rings. The van der Waals surface area contributed by atoms with Gasteiger partial charge in [0.2, 0.25) is 0 Å². The highest BCUT2D eigenvalue weighted by molar-refractivity contribution is 6.08. The van der Waals surface area contributed by atoms with Crippen LogP contribution in [0, 0.1) is 0 Å². The van der Waals surface area contributed by atoms with Crippen LogP contribution in [0.15, 0.2) is 67.0 Å². The largest absolute Gasteiger partial charge is 0.392 e. The van der Waals surface area contributed by atoms with Crippen LogP contribution in [0.5, 0.6) is 0 Å². The maximum absolute atomic E-state index is 12.0. The highest BCUT2D eigenvalue weighted by Crippen LogP contribution is 2.41. The van der Waals surface area contributed by atoms with Crippen LogP contribution in [0.2, 0.25) is 0 Å². The van der Waals surface area contributed by atoms with E-state index in [2.05, 4.69) is 51.0 Å². The standard InChI is InChI=1S/C28H30N6O2/c1-17(2)28(36)32-21-10-8-20(9-11-21)25-23(24-26(29)30-16-31-27(24)33(25)3)19-6-4-18(5-7-19)14-34-13-12-22(35)15-34/h4-11,16,22,35H,1,12-15H2,2-3H3,(H,32,36)(H2,29,30,31)/t22-/m1/s1. The topological polar surface area (TPSA) is 109 Å². The predicted molar refractivity (Wildman–Crippen MR) is 143 cm³/mol. The van der Waals surface area contributed by atoms with Crippen molar-refractivity contribution in [1.29, 1.82) is 0 Å². The number of carbonyl (C=O) groups is 1. The molecule has 3 heterocycles. The van der Waals surface area contributed by atoms with Crippen molar-refractivity contribution < 1.29 is 9.90 Å². The second kappa shape index (κ2) is 9.56. The Morgan fingerprint density at radius 2 is 1.83 bits per heavy atom. The molecule has 0 aliphatic carbocycles. The lowest BCUT2D eigenvalue weighted by Gasteiger charge is -2.15.